The first-order valence-corrected chi connectivity index (χ1v) is 7.25. The van der Waals surface area contributed by atoms with E-state index < -0.39 is 0 Å². The smallest absolute Gasteiger partial charge is 0.0678 e. The maximum absolute atomic E-state index is 5.78. The monoisotopic (exact) mass is 249 g/mol. The summed E-state index contributed by atoms with van der Waals surface area (Å²) in [6.45, 7) is 13.9. The van der Waals surface area contributed by atoms with Crippen LogP contribution >= 0.6 is 0 Å². The minimum absolute atomic E-state index is 0.376. The van der Waals surface area contributed by atoms with E-state index in [0.29, 0.717) is 12.2 Å². The predicted molar refractivity (Wildman–Crippen MR) is 76.7 cm³/mol. The van der Waals surface area contributed by atoms with Crippen LogP contribution in [0.3, 0.4) is 0 Å². The molecule has 0 bridgehead atoms. The molecule has 1 heterocycles. The molecule has 3 atom stereocenters. The predicted octanol–water partition coefficient (Wildman–Crippen LogP) is 3.40. The molecule has 2 nitrogen and oxygen atoms in total. The fourth-order valence-corrected chi connectivity index (χ4v) is 3.18. The first kappa shape index (κ1) is 13.8. The van der Waals surface area contributed by atoms with Crippen LogP contribution in [0.2, 0.25) is 0 Å². The van der Waals surface area contributed by atoms with E-state index in [-0.39, 0.29) is 0 Å². The van der Waals surface area contributed by atoms with Gasteiger partial charge in [-0.05, 0) is 46.0 Å². The second-order valence-corrected chi connectivity index (χ2v) is 6.13. The zero-order valence-corrected chi connectivity index (χ0v) is 12.1. The zero-order valence-electron chi connectivity index (χ0n) is 12.1. The van der Waals surface area contributed by atoms with Gasteiger partial charge in [-0.3, -0.25) is 4.90 Å². The highest BCUT2D eigenvalue weighted by Crippen LogP contribution is 2.28. The van der Waals surface area contributed by atoms with E-state index in [2.05, 4.69) is 38.3 Å². The number of hydrogen-bond acceptors (Lipinski definition) is 2. The Bertz CT molecular complexity index is 324. The molecule has 0 spiro atoms. The lowest BCUT2D eigenvalue weighted by Crippen LogP contribution is -2.46. The Balaban J connectivity index is 1.85. The minimum atomic E-state index is 0.376. The fraction of sp³-hybridized carbons (Fsp3) is 0.750. The van der Waals surface area contributed by atoms with Crippen LogP contribution in [0.15, 0.2) is 23.8 Å². The molecule has 2 aliphatic rings. The molecule has 0 saturated carbocycles. The number of hydrogen-bond donors (Lipinski definition) is 0. The Morgan fingerprint density at radius 3 is 2.56 bits per heavy atom. The summed E-state index contributed by atoms with van der Waals surface area (Å²) in [5, 5.41) is 0. The molecule has 0 aromatic heterocycles. The van der Waals surface area contributed by atoms with Crippen molar-refractivity contribution in [3.63, 3.8) is 0 Å². The Morgan fingerprint density at radius 1 is 1.39 bits per heavy atom. The summed E-state index contributed by atoms with van der Waals surface area (Å²) in [7, 11) is 0. The molecule has 1 fully saturated rings. The van der Waals surface area contributed by atoms with Gasteiger partial charge in [0.05, 0.1) is 12.2 Å². The number of ether oxygens (including phenoxy) is 1. The topological polar surface area (TPSA) is 12.5 Å². The highest BCUT2D eigenvalue weighted by molar-refractivity contribution is 5.13. The summed E-state index contributed by atoms with van der Waals surface area (Å²) in [6.07, 6.45) is 6.93. The quantitative estimate of drug-likeness (QED) is 0.711. The molecule has 102 valence electrons. The van der Waals surface area contributed by atoms with E-state index >= 15 is 0 Å². The number of rotatable bonds is 3. The Kier molecular flexibility index (Phi) is 4.63. The molecule has 2 unspecified atom stereocenters. The largest absolute Gasteiger partial charge is 0.373 e. The molecule has 2 rings (SSSR count). The molecule has 0 aromatic rings. The second kappa shape index (κ2) is 6.03. The van der Waals surface area contributed by atoms with Gasteiger partial charge in [-0.2, -0.15) is 0 Å². The highest BCUT2D eigenvalue weighted by atomic mass is 16.5. The maximum atomic E-state index is 5.78. The van der Waals surface area contributed by atoms with Crippen LogP contribution in [0.1, 0.15) is 40.0 Å². The summed E-state index contributed by atoms with van der Waals surface area (Å²) in [5.74, 6) is 0.719. The SMILES string of the molecule is C=C(C)[C@@H]1CC=C(CN2CC(C)OC(C)C2)CC1. The summed E-state index contributed by atoms with van der Waals surface area (Å²) in [5.41, 5.74) is 2.97. The molecule has 0 radical (unpaired) electrons. The Morgan fingerprint density at radius 2 is 2.06 bits per heavy atom. The first-order chi connectivity index (χ1) is 8.54. The van der Waals surface area contributed by atoms with Gasteiger partial charge in [-0.1, -0.05) is 23.8 Å². The molecular weight excluding hydrogens is 222 g/mol. The maximum Gasteiger partial charge on any atom is 0.0678 e. The van der Waals surface area contributed by atoms with Crippen LogP contribution in [0.4, 0.5) is 0 Å². The summed E-state index contributed by atoms with van der Waals surface area (Å²) < 4.78 is 5.78. The molecule has 1 aliphatic carbocycles. The van der Waals surface area contributed by atoms with Crippen LogP contribution in [-0.2, 0) is 4.74 Å². The number of nitrogens with zero attached hydrogens (tertiary/aromatic N) is 1. The normalized spacial score (nSPS) is 34.2. The van der Waals surface area contributed by atoms with Gasteiger partial charge >= 0.3 is 0 Å². The van der Waals surface area contributed by atoms with Crippen molar-refractivity contribution in [2.75, 3.05) is 19.6 Å². The van der Waals surface area contributed by atoms with Crippen LogP contribution < -0.4 is 0 Å². The van der Waals surface area contributed by atoms with Gasteiger partial charge < -0.3 is 4.74 Å². The van der Waals surface area contributed by atoms with E-state index in [4.69, 9.17) is 4.74 Å². The third-order valence-electron chi connectivity index (χ3n) is 4.12. The van der Waals surface area contributed by atoms with Crippen molar-refractivity contribution in [1.29, 1.82) is 0 Å². The molecule has 18 heavy (non-hydrogen) atoms. The fourth-order valence-electron chi connectivity index (χ4n) is 3.18. The third-order valence-corrected chi connectivity index (χ3v) is 4.12. The molecule has 0 N–H and O–H groups in total. The van der Waals surface area contributed by atoms with E-state index in [1.807, 2.05) is 0 Å². The highest BCUT2D eigenvalue weighted by Gasteiger charge is 2.23. The lowest BCUT2D eigenvalue weighted by atomic mass is 9.85. The van der Waals surface area contributed by atoms with Crippen molar-refractivity contribution in [3.05, 3.63) is 23.8 Å². The van der Waals surface area contributed by atoms with Crippen LogP contribution in [0.5, 0.6) is 0 Å². The van der Waals surface area contributed by atoms with Gasteiger partial charge in [0.1, 0.15) is 0 Å². The van der Waals surface area contributed by atoms with Gasteiger partial charge in [0, 0.05) is 19.6 Å². The second-order valence-electron chi connectivity index (χ2n) is 6.13. The van der Waals surface area contributed by atoms with E-state index in [0.717, 1.165) is 25.6 Å². The van der Waals surface area contributed by atoms with Gasteiger partial charge in [0.15, 0.2) is 0 Å². The van der Waals surface area contributed by atoms with Gasteiger partial charge in [0.25, 0.3) is 0 Å². The molecular formula is C16H27NO. The van der Waals surface area contributed by atoms with Crippen LogP contribution in [-0.4, -0.2) is 36.7 Å². The standard InChI is InChI=1S/C16H27NO/c1-12(2)16-7-5-15(6-8-16)11-17-9-13(3)18-14(4)10-17/h5,13-14,16H,1,6-11H2,2-4H3/t13?,14?,16-/m1/s1. The summed E-state index contributed by atoms with van der Waals surface area (Å²) in [4.78, 5) is 2.55. The summed E-state index contributed by atoms with van der Waals surface area (Å²) >= 11 is 0. The zero-order chi connectivity index (χ0) is 13.1. The van der Waals surface area contributed by atoms with Crippen molar-refractivity contribution >= 4 is 0 Å². The van der Waals surface area contributed by atoms with E-state index in [1.54, 1.807) is 5.57 Å². The van der Waals surface area contributed by atoms with Gasteiger partial charge in [0.2, 0.25) is 0 Å². The minimum Gasteiger partial charge on any atom is -0.373 e. The average molecular weight is 249 g/mol. The lowest BCUT2D eigenvalue weighted by Gasteiger charge is -2.36. The van der Waals surface area contributed by atoms with Gasteiger partial charge in [-0.15, -0.1) is 0 Å². The number of allylic oxidation sites excluding steroid dienone is 2. The molecule has 0 amide bonds. The van der Waals surface area contributed by atoms with Crippen molar-refractivity contribution in [2.45, 2.75) is 52.2 Å². The first-order valence-electron chi connectivity index (χ1n) is 7.25. The van der Waals surface area contributed by atoms with Crippen LogP contribution in [0.25, 0.3) is 0 Å². The molecule has 0 aromatic carbocycles. The van der Waals surface area contributed by atoms with E-state index in [1.165, 1.54) is 24.8 Å². The molecule has 1 saturated heterocycles. The van der Waals surface area contributed by atoms with Crippen molar-refractivity contribution in [3.8, 4) is 0 Å². The van der Waals surface area contributed by atoms with Crippen molar-refractivity contribution < 1.29 is 4.74 Å². The Hall–Kier alpha value is -0.600. The average Bonchev–Trinajstić information content (AvgIpc) is 2.28. The summed E-state index contributed by atoms with van der Waals surface area (Å²) in [6, 6.07) is 0. The van der Waals surface area contributed by atoms with E-state index in [9.17, 15) is 0 Å². The molecule has 1 aliphatic heterocycles. The Labute approximate surface area is 112 Å². The number of morpholine rings is 1. The van der Waals surface area contributed by atoms with Crippen molar-refractivity contribution in [1.82, 2.24) is 4.90 Å². The third kappa shape index (κ3) is 3.69. The molecule has 2 heteroatoms. The lowest BCUT2D eigenvalue weighted by molar-refractivity contribution is -0.0655. The van der Waals surface area contributed by atoms with Crippen molar-refractivity contribution in [2.24, 2.45) is 5.92 Å². The van der Waals surface area contributed by atoms with Gasteiger partial charge in [-0.25, -0.2) is 0 Å². The van der Waals surface area contributed by atoms with Crippen LogP contribution in [0, 0.1) is 5.92 Å².